The number of carbonyl (C=O) groups is 1. The molecule has 0 aliphatic heterocycles. The lowest BCUT2D eigenvalue weighted by atomic mass is 9.98. The van der Waals surface area contributed by atoms with Crippen LogP contribution in [-0.2, 0) is 4.79 Å². The maximum Gasteiger partial charge on any atom is 0.304 e. The molecule has 0 fully saturated rings. The molecule has 0 bridgehead atoms. The Kier molecular flexibility index (Phi) is 5.06. The number of rotatable bonds is 5. The van der Waals surface area contributed by atoms with E-state index < -0.39 is 5.97 Å². The number of halogens is 1. The first-order valence-electron chi connectivity index (χ1n) is 6.46. The predicted molar refractivity (Wildman–Crippen MR) is 73.5 cm³/mol. The molecule has 0 aliphatic carbocycles. The van der Waals surface area contributed by atoms with Crippen molar-refractivity contribution in [2.24, 2.45) is 0 Å². The molecule has 0 amide bonds. The molecule has 1 aromatic carbocycles. The van der Waals surface area contributed by atoms with Crippen molar-refractivity contribution in [1.82, 2.24) is 4.90 Å². The minimum absolute atomic E-state index is 0.0516. The summed E-state index contributed by atoms with van der Waals surface area (Å²) in [5.74, 6) is -1.09. The van der Waals surface area contributed by atoms with Crippen LogP contribution in [0.25, 0.3) is 0 Å². The molecule has 0 spiro atoms. The number of nitrogens with zero attached hydrogens (tertiary/aromatic N) is 1. The van der Waals surface area contributed by atoms with Gasteiger partial charge in [0.05, 0.1) is 6.42 Å². The molecule has 106 valence electrons. The molecule has 1 unspecified atom stereocenters. The van der Waals surface area contributed by atoms with Crippen molar-refractivity contribution in [3.8, 4) is 0 Å². The van der Waals surface area contributed by atoms with Gasteiger partial charge in [-0.3, -0.25) is 9.69 Å². The summed E-state index contributed by atoms with van der Waals surface area (Å²) < 4.78 is 13.8. The van der Waals surface area contributed by atoms with Gasteiger partial charge in [0.1, 0.15) is 5.82 Å². The van der Waals surface area contributed by atoms with Crippen molar-refractivity contribution in [3.05, 3.63) is 35.6 Å². The topological polar surface area (TPSA) is 40.5 Å². The van der Waals surface area contributed by atoms with Crippen LogP contribution in [-0.4, -0.2) is 28.1 Å². The fourth-order valence-electron chi connectivity index (χ4n) is 2.31. The highest BCUT2D eigenvalue weighted by Gasteiger charge is 2.28. The molecule has 0 aromatic heterocycles. The Bertz CT molecular complexity index is 440. The van der Waals surface area contributed by atoms with Crippen molar-refractivity contribution < 1.29 is 14.3 Å². The van der Waals surface area contributed by atoms with Crippen LogP contribution in [0.2, 0.25) is 0 Å². The SMILES string of the molecule is CC(c1ccccc1F)N(CCC(=O)O)C(C)(C)C. The van der Waals surface area contributed by atoms with Gasteiger partial charge in [0.2, 0.25) is 0 Å². The van der Waals surface area contributed by atoms with E-state index in [0.717, 1.165) is 0 Å². The molecular weight excluding hydrogens is 245 g/mol. The van der Waals surface area contributed by atoms with E-state index in [-0.39, 0.29) is 23.8 Å². The van der Waals surface area contributed by atoms with Gasteiger partial charge in [-0.25, -0.2) is 4.39 Å². The molecule has 1 aromatic rings. The van der Waals surface area contributed by atoms with E-state index in [2.05, 4.69) is 0 Å². The monoisotopic (exact) mass is 267 g/mol. The number of carboxylic acids is 1. The molecule has 19 heavy (non-hydrogen) atoms. The average Bonchev–Trinajstić information content (AvgIpc) is 2.27. The molecule has 4 heteroatoms. The predicted octanol–water partition coefficient (Wildman–Crippen LogP) is 3.46. The Morgan fingerprint density at radius 1 is 1.37 bits per heavy atom. The highest BCUT2D eigenvalue weighted by atomic mass is 19.1. The van der Waals surface area contributed by atoms with Crippen LogP contribution in [0.1, 0.15) is 45.7 Å². The van der Waals surface area contributed by atoms with Gasteiger partial charge >= 0.3 is 5.97 Å². The average molecular weight is 267 g/mol. The van der Waals surface area contributed by atoms with E-state index in [0.29, 0.717) is 12.1 Å². The second-order valence-corrected chi connectivity index (χ2v) is 5.71. The van der Waals surface area contributed by atoms with Crippen molar-refractivity contribution >= 4 is 5.97 Å². The third kappa shape index (κ3) is 4.31. The minimum atomic E-state index is -0.838. The Morgan fingerprint density at radius 2 is 1.95 bits per heavy atom. The first kappa shape index (κ1) is 15.6. The second kappa shape index (κ2) is 6.15. The number of benzene rings is 1. The van der Waals surface area contributed by atoms with Gasteiger partial charge in [0.15, 0.2) is 0 Å². The van der Waals surface area contributed by atoms with Crippen LogP contribution >= 0.6 is 0 Å². The minimum Gasteiger partial charge on any atom is -0.481 e. The van der Waals surface area contributed by atoms with Crippen molar-refractivity contribution in [3.63, 3.8) is 0 Å². The summed E-state index contributed by atoms with van der Waals surface area (Å²) >= 11 is 0. The Morgan fingerprint density at radius 3 is 2.42 bits per heavy atom. The fraction of sp³-hybridized carbons (Fsp3) is 0.533. The molecular formula is C15H22FNO2. The third-order valence-electron chi connectivity index (χ3n) is 3.25. The summed E-state index contributed by atoms with van der Waals surface area (Å²) in [5, 5.41) is 8.83. The molecule has 1 N–H and O–H groups in total. The van der Waals surface area contributed by atoms with E-state index in [1.807, 2.05) is 32.6 Å². The van der Waals surface area contributed by atoms with Crippen molar-refractivity contribution in [2.75, 3.05) is 6.54 Å². The normalized spacial score (nSPS) is 13.6. The molecule has 0 saturated heterocycles. The van der Waals surface area contributed by atoms with Gasteiger partial charge in [0, 0.05) is 23.7 Å². The van der Waals surface area contributed by atoms with Gasteiger partial charge in [-0.15, -0.1) is 0 Å². The van der Waals surface area contributed by atoms with E-state index in [4.69, 9.17) is 5.11 Å². The number of carboxylic acid groups (broad SMARTS) is 1. The molecule has 0 aliphatic rings. The Hall–Kier alpha value is -1.42. The van der Waals surface area contributed by atoms with E-state index in [1.165, 1.54) is 6.07 Å². The summed E-state index contributed by atoms with van der Waals surface area (Å²) in [6, 6.07) is 6.47. The Labute approximate surface area is 114 Å². The second-order valence-electron chi connectivity index (χ2n) is 5.71. The zero-order valence-electron chi connectivity index (χ0n) is 12.0. The highest BCUT2D eigenvalue weighted by molar-refractivity contribution is 5.66. The lowest BCUT2D eigenvalue weighted by Gasteiger charge is -2.40. The molecule has 0 saturated carbocycles. The largest absolute Gasteiger partial charge is 0.481 e. The standard InChI is InChI=1S/C15H22FNO2/c1-11(12-7-5-6-8-13(12)16)17(15(2,3)4)10-9-14(18)19/h5-8,11H,9-10H2,1-4H3,(H,18,19). The van der Waals surface area contributed by atoms with Crippen molar-refractivity contribution in [1.29, 1.82) is 0 Å². The zero-order chi connectivity index (χ0) is 14.6. The molecule has 1 rings (SSSR count). The van der Waals surface area contributed by atoms with Crippen LogP contribution < -0.4 is 0 Å². The summed E-state index contributed by atoms with van der Waals surface area (Å²) in [4.78, 5) is 12.8. The smallest absolute Gasteiger partial charge is 0.304 e. The van der Waals surface area contributed by atoms with E-state index >= 15 is 0 Å². The first-order valence-corrected chi connectivity index (χ1v) is 6.46. The third-order valence-corrected chi connectivity index (χ3v) is 3.25. The van der Waals surface area contributed by atoms with Crippen LogP contribution in [0.4, 0.5) is 4.39 Å². The van der Waals surface area contributed by atoms with Crippen molar-refractivity contribution in [2.45, 2.75) is 45.7 Å². The maximum absolute atomic E-state index is 13.8. The summed E-state index contributed by atoms with van der Waals surface area (Å²) in [5.41, 5.74) is 0.375. The quantitative estimate of drug-likeness (QED) is 0.888. The summed E-state index contributed by atoms with van der Waals surface area (Å²) in [6.45, 7) is 8.32. The van der Waals surface area contributed by atoms with E-state index in [9.17, 15) is 9.18 Å². The molecule has 1 atom stereocenters. The van der Waals surface area contributed by atoms with Gasteiger partial charge in [-0.1, -0.05) is 18.2 Å². The lowest BCUT2D eigenvalue weighted by Crippen LogP contribution is -2.44. The van der Waals surface area contributed by atoms with Gasteiger partial charge < -0.3 is 5.11 Å². The number of aliphatic carboxylic acids is 1. The lowest BCUT2D eigenvalue weighted by molar-refractivity contribution is -0.137. The Balaban J connectivity index is 2.98. The first-order chi connectivity index (χ1) is 8.73. The van der Waals surface area contributed by atoms with Crippen LogP contribution in [0.15, 0.2) is 24.3 Å². The fourth-order valence-corrected chi connectivity index (χ4v) is 2.31. The van der Waals surface area contributed by atoms with Crippen LogP contribution in [0.3, 0.4) is 0 Å². The van der Waals surface area contributed by atoms with Gasteiger partial charge in [0.25, 0.3) is 0 Å². The molecule has 0 radical (unpaired) electrons. The molecule has 3 nitrogen and oxygen atoms in total. The van der Waals surface area contributed by atoms with E-state index in [1.54, 1.807) is 18.2 Å². The van der Waals surface area contributed by atoms with Gasteiger partial charge in [-0.2, -0.15) is 0 Å². The summed E-state index contributed by atoms with van der Waals surface area (Å²) in [6.07, 6.45) is 0.0516. The highest BCUT2D eigenvalue weighted by Crippen LogP contribution is 2.29. The van der Waals surface area contributed by atoms with Crippen LogP contribution in [0.5, 0.6) is 0 Å². The number of hydrogen-bond donors (Lipinski definition) is 1. The maximum atomic E-state index is 13.8. The zero-order valence-corrected chi connectivity index (χ0v) is 12.0. The van der Waals surface area contributed by atoms with Gasteiger partial charge in [-0.05, 0) is 33.8 Å². The van der Waals surface area contributed by atoms with Crippen LogP contribution in [0, 0.1) is 5.82 Å². The number of hydrogen-bond acceptors (Lipinski definition) is 2. The summed E-state index contributed by atoms with van der Waals surface area (Å²) in [7, 11) is 0. The molecule has 0 heterocycles.